The number of anilines is 2. The molecule has 0 bridgehead atoms. The molecule has 0 amide bonds. The maximum Gasteiger partial charge on any atom is 0.143 e. The molecule has 0 aliphatic carbocycles. The van der Waals surface area contributed by atoms with E-state index in [2.05, 4.69) is 11.4 Å². The lowest BCUT2D eigenvalue weighted by atomic mass is 10.1. The van der Waals surface area contributed by atoms with Crippen LogP contribution in [0.5, 0.6) is 5.75 Å². The van der Waals surface area contributed by atoms with Crippen molar-refractivity contribution in [1.82, 2.24) is 0 Å². The average Bonchev–Trinajstić information content (AvgIpc) is 2.43. The molecule has 2 aromatic rings. The third-order valence-corrected chi connectivity index (χ3v) is 2.77. The highest BCUT2D eigenvalue weighted by Gasteiger charge is 2.05. The summed E-state index contributed by atoms with van der Waals surface area (Å²) in [6.07, 6.45) is 0.573. The molecule has 0 atom stereocenters. The van der Waals surface area contributed by atoms with Gasteiger partial charge in [0.1, 0.15) is 5.75 Å². The van der Waals surface area contributed by atoms with Gasteiger partial charge in [0.15, 0.2) is 0 Å². The number of nitrogens with one attached hydrogen (secondary N) is 1. The molecule has 0 heterocycles. The van der Waals surface area contributed by atoms with E-state index in [9.17, 15) is 0 Å². The van der Waals surface area contributed by atoms with Crippen LogP contribution >= 0.6 is 0 Å². The van der Waals surface area contributed by atoms with Gasteiger partial charge in [-0.1, -0.05) is 24.3 Å². The van der Waals surface area contributed by atoms with Gasteiger partial charge in [-0.3, -0.25) is 0 Å². The molecule has 0 spiro atoms. The molecule has 0 saturated heterocycles. The van der Waals surface area contributed by atoms with Crippen molar-refractivity contribution >= 4 is 11.4 Å². The Balaban J connectivity index is 2.15. The summed E-state index contributed by atoms with van der Waals surface area (Å²) in [6, 6.07) is 17.9. The summed E-state index contributed by atoms with van der Waals surface area (Å²) in [5, 5.41) is 12.0. The standard InChI is InChI=1S/C17H18N2O/c1-13(2)20-17-6-4-3-5-16(17)19-15-9-7-14(8-10-15)11-12-18/h3-10,13,19H,11H2,1-2H3. The van der Waals surface area contributed by atoms with E-state index in [0.717, 1.165) is 22.7 Å². The van der Waals surface area contributed by atoms with Gasteiger partial charge in [0, 0.05) is 5.69 Å². The molecule has 0 aromatic heterocycles. The fourth-order valence-corrected chi connectivity index (χ4v) is 1.88. The van der Waals surface area contributed by atoms with Gasteiger partial charge in [-0.15, -0.1) is 0 Å². The van der Waals surface area contributed by atoms with Crippen LogP contribution < -0.4 is 10.1 Å². The predicted molar refractivity (Wildman–Crippen MR) is 81.2 cm³/mol. The van der Waals surface area contributed by atoms with Crippen LogP contribution in [0, 0.1) is 11.3 Å². The first kappa shape index (κ1) is 14.0. The number of nitriles is 1. The summed E-state index contributed by atoms with van der Waals surface area (Å²) in [5.41, 5.74) is 2.94. The number of benzene rings is 2. The van der Waals surface area contributed by atoms with E-state index < -0.39 is 0 Å². The van der Waals surface area contributed by atoms with Crippen LogP contribution in [0.2, 0.25) is 0 Å². The van der Waals surface area contributed by atoms with E-state index in [1.807, 2.05) is 62.4 Å². The molecule has 3 nitrogen and oxygen atoms in total. The van der Waals surface area contributed by atoms with E-state index in [0.29, 0.717) is 6.42 Å². The second-order valence-corrected chi connectivity index (χ2v) is 4.82. The van der Waals surface area contributed by atoms with Crippen LogP contribution in [-0.2, 0) is 6.42 Å². The van der Waals surface area contributed by atoms with Crippen molar-refractivity contribution in [3.63, 3.8) is 0 Å². The van der Waals surface area contributed by atoms with E-state index in [-0.39, 0.29) is 6.10 Å². The van der Waals surface area contributed by atoms with Gasteiger partial charge < -0.3 is 10.1 Å². The smallest absolute Gasteiger partial charge is 0.143 e. The molecule has 3 heteroatoms. The van der Waals surface area contributed by atoms with E-state index >= 15 is 0 Å². The van der Waals surface area contributed by atoms with E-state index in [1.165, 1.54) is 0 Å². The molecular weight excluding hydrogens is 248 g/mol. The van der Waals surface area contributed by atoms with Gasteiger partial charge in [-0.25, -0.2) is 0 Å². The second kappa shape index (κ2) is 6.63. The Morgan fingerprint density at radius 3 is 2.45 bits per heavy atom. The maximum absolute atomic E-state index is 8.66. The van der Waals surface area contributed by atoms with Crippen LogP contribution in [0.4, 0.5) is 11.4 Å². The number of hydrogen-bond donors (Lipinski definition) is 1. The van der Waals surface area contributed by atoms with Crippen molar-refractivity contribution in [1.29, 1.82) is 5.26 Å². The normalized spacial score (nSPS) is 10.1. The molecule has 2 aromatic carbocycles. The minimum atomic E-state index is 0.135. The van der Waals surface area contributed by atoms with Crippen molar-refractivity contribution in [3.8, 4) is 11.8 Å². The number of rotatable bonds is 5. The van der Waals surface area contributed by atoms with Crippen molar-refractivity contribution in [2.24, 2.45) is 0 Å². The number of ether oxygens (including phenoxy) is 1. The third kappa shape index (κ3) is 3.76. The highest BCUT2D eigenvalue weighted by molar-refractivity contribution is 5.66. The van der Waals surface area contributed by atoms with Gasteiger partial charge in [0.25, 0.3) is 0 Å². The Hall–Kier alpha value is -2.47. The largest absolute Gasteiger partial charge is 0.489 e. The highest BCUT2D eigenvalue weighted by Crippen LogP contribution is 2.28. The molecule has 0 radical (unpaired) electrons. The Morgan fingerprint density at radius 2 is 1.80 bits per heavy atom. The summed E-state index contributed by atoms with van der Waals surface area (Å²) in [4.78, 5) is 0. The molecule has 2 rings (SSSR count). The van der Waals surface area contributed by atoms with Crippen LogP contribution in [0.3, 0.4) is 0 Å². The first-order valence-electron chi connectivity index (χ1n) is 6.67. The monoisotopic (exact) mass is 266 g/mol. The molecule has 0 aliphatic rings. The summed E-state index contributed by atoms with van der Waals surface area (Å²) < 4.78 is 5.77. The molecule has 1 N–H and O–H groups in total. The Kier molecular flexibility index (Phi) is 4.62. The van der Waals surface area contributed by atoms with Crippen LogP contribution in [0.15, 0.2) is 48.5 Å². The van der Waals surface area contributed by atoms with Gasteiger partial charge >= 0.3 is 0 Å². The van der Waals surface area contributed by atoms with Gasteiger partial charge in [0.2, 0.25) is 0 Å². The topological polar surface area (TPSA) is 45.0 Å². The van der Waals surface area contributed by atoms with E-state index in [1.54, 1.807) is 0 Å². The fraction of sp³-hybridized carbons (Fsp3) is 0.235. The van der Waals surface area contributed by atoms with Gasteiger partial charge in [-0.2, -0.15) is 5.26 Å². The van der Waals surface area contributed by atoms with E-state index in [4.69, 9.17) is 10.00 Å². The Morgan fingerprint density at radius 1 is 1.10 bits per heavy atom. The first-order valence-corrected chi connectivity index (χ1v) is 6.67. The molecule has 20 heavy (non-hydrogen) atoms. The predicted octanol–water partition coefficient (Wildman–Crippen LogP) is 4.28. The van der Waals surface area contributed by atoms with Crippen LogP contribution in [-0.4, -0.2) is 6.10 Å². The maximum atomic E-state index is 8.66. The average molecular weight is 266 g/mol. The second-order valence-electron chi connectivity index (χ2n) is 4.82. The Bertz CT molecular complexity index is 597. The number of nitrogens with zero attached hydrogens (tertiary/aromatic N) is 1. The molecular formula is C17H18N2O. The van der Waals surface area contributed by atoms with Crippen LogP contribution in [0.25, 0.3) is 0 Å². The number of hydrogen-bond acceptors (Lipinski definition) is 3. The summed E-state index contributed by atoms with van der Waals surface area (Å²) in [5.74, 6) is 0.837. The van der Waals surface area contributed by atoms with Crippen molar-refractivity contribution in [2.45, 2.75) is 26.4 Å². The quantitative estimate of drug-likeness (QED) is 0.878. The highest BCUT2D eigenvalue weighted by atomic mass is 16.5. The minimum Gasteiger partial charge on any atom is -0.489 e. The summed E-state index contributed by atoms with van der Waals surface area (Å²) >= 11 is 0. The van der Waals surface area contributed by atoms with Crippen molar-refractivity contribution in [2.75, 3.05) is 5.32 Å². The van der Waals surface area contributed by atoms with Crippen molar-refractivity contribution in [3.05, 3.63) is 54.1 Å². The van der Waals surface area contributed by atoms with Gasteiger partial charge in [-0.05, 0) is 43.7 Å². The molecule has 102 valence electrons. The zero-order valence-corrected chi connectivity index (χ0v) is 11.8. The molecule has 0 saturated carbocycles. The third-order valence-electron chi connectivity index (χ3n) is 2.77. The zero-order chi connectivity index (χ0) is 14.4. The molecule has 0 aliphatic heterocycles. The van der Waals surface area contributed by atoms with Crippen LogP contribution in [0.1, 0.15) is 19.4 Å². The molecule has 0 unspecified atom stereocenters. The lowest BCUT2D eigenvalue weighted by Crippen LogP contribution is -2.07. The zero-order valence-electron chi connectivity index (χ0n) is 11.8. The van der Waals surface area contributed by atoms with Crippen molar-refractivity contribution < 1.29 is 4.74 Å². The lowest BCUT2D eigenvalue weighted by Gasteiger charge is -2.15. The first-order chi connectivity index (χ1) is 9.69. The summed E-state index contributed by atoms with van der Waals surface area (Å²) in [7, 11) is 0. The Labute approximate surface area is 119 Å². The fourth-order valence-electron chi connectivity index (χ4n) is 1.88. The number of para-hydroxylation sites is 2. The van der Waals surface area contributed by atoms with Gasteiger partial charge in [0.05, 0.1) is 24.3 Å². The summed E-state index contributed by atoms with van der Waals surface area (Å²) in [6.45, 7) is 4.01. The lowest BCUT2D eigenvalue weighted by molar-refractivity contribution is 0.244. The molecule has 0 fully saturated rings. The minimum absolute atomic E-state index is 0.135. The SMILES string of the molecule is CC(C)Oc1ccccc1Nc1ccc(CC#N)cc1.